The van der Waals surface area contributed by atoms with Crippen molar-refractivity contribution in [2.45, 2.75) is 32.8 Å². The molecule has 0 bridgehead atoms. The second-order valence-electron chi connectivity index (χ2n) is 5.37. The Bertz CT molecular complexity index is 499. The van der Waals surface area contributed by atoms with Crippen LogP contribution in [0.3, 0.4) is 0 Å². The number of aliphatic carboxylic acids is 1. The third kappa shape index (κ3) is 5.74. The third-order valence-corrected chi connectivity index (χ3v) is 2.61. The highest BCUT2D eigenvalue weighted by molar-refractivity contribution is 5.89. The van der Waals surface area contributed by atoms with E-state index in [-0.39, 0.29) is 0 Å². The third-order valence-electron chi connectivity index (χ3n) is 2.61. The summed E-state index contributed by atoms with van der Waals surface area (Å²) in [4.78, 5) is 30.5. The maximum absolute atomic E-state index is 11.6. The lowest BCUT2D eigenvalue weighted by Crippen LogP contribution is -2.47. The predicted octanol–water partition coefficient (Wildman–Crippen LogP) is 0.632. The van der Waals surface area contributed by atoms with E-state index < -0.39 is 24.1 Å². The number of carbonyl (C=O) groups excluding carboxylic acids is 1. The standard InChI is InChI=1S/C13H20N4O4/c1-8(2)4-10-14-5-9(6-15-10)17-12(20)16-7-13(3,21)11(18)19/h5-6,8,21H,4,7H2,1-3H3,(H,18,19)(H2,16,17,20). The van der Waals surface area contributed by atoms with Crippen LogP contribution in [0.15, 0.2) is 12.4 Å². The smallest absolute Gasteiger partial charge is 0.337 e. The first-order chi connectivity index (χ1) is 9.70. The fraction of sp³-hybridized carbons (Fsp3) is 0.538. The molecule has 0 aromatic carbocycles. The minimum absolute atomic E-state index is 0.384. The second-order valence-corrected chi connectivity index (χ2v) is 5.37. The van der Waals surface area contributed by atoms with Gasteiger partial charge in [0.2, 0.25) is 0 Å². The Morgan fingerprint density at radius 2 is 1.90 bits per heavy atom. The first kappa shape index (κ1) is 16.8. The quantitative estimate of drug-likeness (QED) is 0.610. The molecule has 0 fully saturated rings. The van der Waals surface area contributed by atoms with Gasteiger partial charge in [0.15, 0.2) is 5.60 Å². The number of carbonyl (C=O) groups is 2. The predicted molar refractivity (Wildman–Crippen MR) is 75.9 cm³/mol. The van der Waals surface area contributed by atoms with E-state index >= 15 is 0 Å². The van der Waals surface area contributed by atoms with E-state index in [2.05, 4.69) is 34.4 Å². The zero-order valence-electron chi connectivity index (χ0n) is 12.3. The van der Waals surface area contributed by atoms with Crippen LogP contribution < -0.4 is 10.6 Å². The van der Waals surface area contributed by atoms with Gasteiger partial charge in [-0.15, -0.1) is 0 Å². The van der Waals surface area contributed by atoms with Gasteiger partial charge in [0.25, 0.3) is 0 Å². The van der Waals surface area contributed by atoms with Crippen molar-refractivity contribution in [3.63, 3.8) is 0 Å². The van der Waals surface area contributed by atoms with Crippen molar-refractivity contribution >= 4 is 17.7 Å². The number of carboxylic acids is 1. The topological polar surface area (TPSA) is 124 Å². The summed E-state index contributed by atoms with van der Waals surface area (Å²) in [6.07, 6.45) is 3.69. The molecular weight excluding hydrogens is 276 g/mol. The minimum Gasteiger partial charge on any atom is -0.479 e. The van der Waals surface area contributed by atoms with Gasteiger partial charge in [0.1, 0.15) is 5.82 Å². The van der Waals surface area contributed by atoms with Gasteiger partial charge in [0.05, 0.1) is 24.6 Å². The Hall–Kier alpha value is -2.22. The number of nitrogens with zero attached hydrogens (tertiary/aromatic N) is 2. The van der Waals surface area contributed by atoms with E-state index in [4.69, 9.17) is 5.11 Å². The van der Waals surface area contributed by atoms with Crippen LogP contribution >= 0.6 is 0 Å². The van der Waals surface area contributed by atoms with Gasteiger partial charge in [-0.2, -0.15) is 0 Å². The first-order valence-corrected chi connectivity index (χ1v) is 6.52. The number of hydrogen-bond donors (Lipinski definition) is 4. The van der Waals surface area contributed by atoms with Crippen molar-refractivity contribution in [2.75, 3.05) is 11.9 Å². The van der Waals surface area contributed by atoms with Crippen molar-refractivity contribution in [3.05, 3.63) is 18.2 Å². The van der Waals surface area contributed by atoms with Gasteiger partial charge in [0, 0.05) is 6.42 Å². The average molecular weight is 296 g/mol. The van der Waals surface area contributed by atoms with Crippen LogP contribution in [-0.2, 0) is 11.2 Å². The van der Waals surface area contributed by atoms with Crippen LogP contribution in [0.4, 0.5) is 10.5 Å². The van der Waals surface area contributed by atoms with Crippen molar-refractivity contribution in [1.82, 2.24) is 15.3 Å². The molecule has 1 aromatic heterocycles. The Labute approximate surface area is 122 Å². The fourth-order valence-electron chi connectivity index (χ4n) is 1.39. The number of rotatable bonds is 6. The Morgan fingerprint density at radius 1 is 1.33 bits per heavy atom. The Balaban J connectivity index is 2.50. The zero-order chi connectivity index (χ0) is 16.0. The summed E-state index contributed by atoms with van der Waals surface area (Å²) in [7, 11) is 0. The molecule has 4 N–H and O–H groups in total. The van der Waals surface area contributed by atoms with Crippen LogP contribution in [0.5, 0.6) is 0 Å². The molecule has 0 spiro atoms. The van der Waals surface area contributed by atoms with E-state index in [9.17, 15) is 14.7 Å². The van der Waals surface area contributed by atoms with Crippen molar-refractivity contribution in [1.29, 1.82) is 0 Å². The summed E-state index contributed by atoms with van der Waals surface area (Å²) in [5.41, 5.74) is -1.63. The number of nitrogens with one attached hydrogen (secondary N) is 2. The maximum atomic E-state index is 11.6. The molecule has 21 heavy (non-hydrogen) atoms. The Morgan fingerprint density at radius 3 is 2.38 bits per heavy atom. The van der Waals surface area contributed by atoms with Gasteiger partial charge in [-0.25, -0.2) is 19.6 Å². The van der Waals surface area contributed by atoms with Crippen molar-refractivity contribution in [3.8, 4) is 0 Å². The molecule has 0 radical (unpaired) electrons. The zero-order valence-corrected chi connectivity index (χ0v) is 12.3. The normalized spacial score (nSPS) is 13.6. The summed E-state index contributed by atoms with van der Waals surface area (Å²) in [6, 6.07) is -0.642. The van der Waals surface area contributed by atoms with Crippen molar-refractivity contribution in [2.24, 2.45) is 5.92 Å². The fourth-order valence-corrected chi connectivity index (χ4v) is 1.39. The lowest BCUT2D eigenvalue weighted by molar-refractivity contribution is -0.155. The molecule has 1 heterocycles. The first-order valence-electron chi connectivity index (χ1n) is 6.52. The molecule has 8 heteroatoms. The highest BCUT2D eigenvalue weighted by atomic mass is 16.4. The molecule has 2 amide bonds. The van der Waals surface area contributed by atoms with E-state index in [0.717, 1.165) is 13.3 Å². The lowest BCUT2D eigenvalue weighted by atomic mass is 10.1. The molecule has 0 aliphatic heterocycles. The number of amides is 2. The van der Waals surface area contributed by atoms with Crippen LogP contribution in [0.25, 0.3) is 0 Å². The summed E-state index contributed by atoms with van der Waals surface area (Å²) >= 11 is 0. The van der Waals surface area contributed by atoms with Gasteiger partial charge in [-0.3, -0.25) is 0 Å². The largest absolute Gasteiger partial charge is 0.479 e. The maximum Gasteiger partial charge on any atom is 0.337 e. The van der Waals surface area contributed by atoms with Gasteiger partial charge < -0.3 is 20.8 Å². The van der Waals surface area contributed by atoms with Crippen LogP contribution in [0.2, 0.25) is 0 Å². The molecule has 116 valence electrons. The molecule has 1 rings (SSSR count). The molecule has 0 aliphatic rings. The number of hydrogen-bond acceptors (Lipinski definition) is 5. The van der Waals surface area contributed by atoms with Crippen molar-refractivity contribution < 1.29 is 19.8 Å². The number of aliphatic hydroxyl groups is 1. The highest BCUT2D eigenvalue weighted by Gasteiger charge is 2.30. The summed E-state index contributed by atoms with van der Waals surface area (Å²) in [5, 5.41) is 22.9. The van der Waals surface area contributed by atoms with Crippen LogP contribution in [0.1, 0.15) is 26.6 Å². The Kier molecular flexibility index (Phi) is 5.60. The summed E-state index contributed by atoms with van der Waals surface area (Å²) < 4.78 is 0. The molecule has 1 unspecified atom stereocenters. The van der Waals surface area contributed by atoms with E-state index in [1.165, 1.54) is 12.4 Å². The number of aromatic nitrogens is 2. The van der Waals surface area contributed by atoms with Gasteiger partial charge in [-0.05, 0) is 12.8 Å². The number of urea groups is 1. The average Bonchev–Trinajstić information content (AvgIpc) is 2.38. The second kappa shape index (κ2) is 6.98. The summed E-state index contributed by atoms with van der Waals surface area (Å²) in [6.45, 7) is 4.79. The van der Waals surface area contributed by atoms with E-state index in [1.54, 1.807) is 0 Å². The van der Waals surface area contributed by atoms with E-state index in [0.29, 0.717) is 17.4 Å². The van der Waals surface area contributed by atoms with Gasteiger partial charge >= 0.3 is 12.0 Å². The number of anilines is 1. The van der Waals surface area contributed by atoms with Gasteiger partial charge in [-0.1, -0.05) is 13.8 Å². The monoisotopic (exact) mass is 296 g/mol. The van der Waals surface area contributed by atoms with Crippen LogP contribution in [0, 0.1) is 5.92 Å². The molecule has 1 atom stereocenters. The molecule has 0 saturated heterocycles. The summed E-state index contributed by atoms with van der Waals surface area (Å²) in [5.74, 6) is -0.292. The molecule has 8 nitrogen and oxygen atoms in total. The lowest BCUT2D eigenvalue weighted by Gasteiger charge is -2.18. The van der Waals surface area contributed by atoms with E-state index in [1.807, 2.05) is 0 Å². The minimum atomic E-state index is -2.02. The number of carboxylic acid groups (broad SMARTS) is 1. The molecular formula is C13H20N4O4. The molecule has 0 saturated carbocycles. The SMILES string of the molecule is CC(C)Cc1ncc(NC(=O)NCC(C)(O)C(=O)O)cn1. The van der Waals surface area contributed by atoms with Crippen LogP contribution in [-0.4, -0.2) is 44.3 Å². The molecule has 0 aliphatic carbocycles. The molecule has 1 aromatic rings. The highest BCUT2D eigenvalue weighted by Crippen LogP contribution is 2.07.